The van der Waals surface area contributed by atoms with Gasteiger partial charge in [-0.15, -0.1) is 0 Å². The predicted octanol–water partition coefficient (Wildman–Crippen LogP) is 1.98. The van der Waals surface area contributed by atoms with Crippen LogP contribution in [0.3, 0.4) is 0 Å². The third kappa shape index (κ3) is 3.81. The topological polar surface area (TPSA) is 6.48 Å². The van der Waals surface area contributed by atoms with Gasteiger partial charge in [-0.2, -0.15) is 0 Å². The fourth-order valence-electron chi connectivity index (χ4n) is 1.79. The first kappa shape index (κ1) is 11.7. The number of nitrogens with zero attached hydrogens (tertiary/aromatic N) is 2. The summed E-state index contributed by atoms with van der Waals surface area (Å²) >= 11 is 0. The van der Waals surface area contributed by atoms with Gasteiger partial charge in [0.15, 0.2) is 0 Å². The Morgan fingerprint density at radius 3 is 2.57 bits per heavy atom. The molecule has 0 radical (unpaired) electrons. The monoisotopic (exact) mass is 196 g/mol. The highest BCUT2D eigenvalue weighted by Crippen LogP contribution is 2.15. The van der Waals surface area contributed by atoms with Gasteiger partial charge < -0.3 is 4.90 Å². The molecule has 0 aromatic heterocycles. The molecule has 0 aromatic rings. The van der Waals surface area contributed by atoms with E-state index in [1.165, 1.54) is 25.9 Å². The fourth-order valence-corrected chi connectivity index (χ4v) is 1.79. The van der Waals surface area contributed by atoms with Crippen LogP contribution in [0, 0.1) is 0 Å². The minimum absolute atomic E-state index is 0.696. The molecule has 0 aliphatic carbocycles. The molecule has 1 heterocycles. The van der Waals surface area contributed by atoms with Gasteiger partial charge in [-0.1, -0.05) is 11.6 Å². The zero-order valence-corrected chi connectivity index (χ0v) is 10.1. The van der Waals surface area contributed by atoms with Crippen LogP contribution in [-0.2, 0) is 0 Å². The van der Waals surface area contributed by atoms with E-state index in [2.05, 4.69) is 43.8 Å². The molecule has 14 heavy (non-hydrogen) atoms. The smallest absolute Gasteiger partial charge is 0.0168 e. The quantitative estimate of drug-likeness (QED) is 0.634. The minimum Gasteiger partial charge on any atom is -0.309 e. The molecule has 0 atom stereocenters. The van der Waals surface area contributed by atoms with E-state index in [1.54, 1.807) is 5.57 Å². The summed E-state index contributed by atoms with van der Waals surface area (Å²) < 4.78 is 0. The standard InChI is InChI=1S/C12H24N2/c1-11(2)14-9-6-12(7-10-14)5-8-13(3)4/h6,11H,5,7-10H2,1-4H3. The van der Waals surface area contributed by atoms with Crippen molar-refractivity contribution in [2.75, 3.05) is 33.7 Å². The number of hydrogen-bond acceptors (Lipinski definition) is 2. The Morgan fingerprint density at radius 1 is 1.43 bits per heavy atom. The molecule has 0 unspecified atom stereocenters. The van der Waals surface area contributed by atoms with Crippen LogP contribution in [0.2, 0.25) is 0 Å². The second-order valence-electron chi connectivity index (χ2n) is 4.75. The Morgan fingerprint density at radius 2 is 2.14 bits per heavy atom. The first-order valence-electron chi connectivity index (χ1n) is 5.66. The summed E-state index contributed by atoms with van der Waals surface area (Å²) in [5.41, 5.74) is 1.65. The highest BCUT2D eigenvalue weighted by Gasteiger charge is 2.13. The van der Waals surface area contributed by atoms with Gasteiger partial charge in [0.25, 0.3) is 0 Å². The highest BCUT2D eigenvalue weighted by atomic mass is 15.1. The molecule has 82 valence electrons. The van der Waals surface area contributed by atoms with Gasteiger partial charge in [-0.3, -0.25) is 4.90 Å². The molecule has 2 heteroatoms. The Labute approximate surface area is 88.6 Å². The van der Waals surface area contributed by atoms with E-state index in [-0.39, 0.29) is 0 Å². The van der Waals surface area contributed by atoms with E-state index >= 15 is 0 Å². The predicted molar refractivity (Wildman–Crippen MR) is 62.6 cm³/mol. The van der Waals surface area contributed by atoms with Crippen molar-refractivity contribution in [1.82, 2.24) is 9.80 Å². The molecular weight excluding hydrogens is 172 g/mol. The fraction of sp³-hybridized carbons (Fsp3) is 0.833. The second kappa shape index (κ2) is 5.52. The molecule has 0 fully saturated rings. The Bertz CT molecular complexity index is 194. The maximum atomic E-state index is 2.53. The van der Waals surface area contributed by atoms with Gasteiger partial charge in [0.2, 0.25) is 0 Å². The van der Waals surface area contributed by atoms with E-state index in [9.17, 15) is 0 Å². The van der Waals surface area contributed by atoms with E-state index in [4.69, 9.17) is 0 Å². The summed E-state index contributed by atoms with van der Waals surface area (Å²) in [4.78, 5) is 4.79. The van der Waals surface area contributed by atoms with Crippen molar-refractivity contribution >= 4 is 0 Å². The van der Waals surface area contributed by atoms with E-state index in [1.807, 2.05) is 0 Å². The average Bonchev–Trinajstić information content (AvgIpc) is 2.15. The van der Waals surface area contributed by atoms with Crippen LogP contribution in [-0.4, -0.2) is 49.6 Å². The molecular formula is C12H24N2. The minimum atomic E-state index is 0.696. The zero-order valence-electron chi connectivity index (χ0n) is 10.1. The van der Waals surface area contributed by atoms with Crippen molar-refractivity contribution in [1.29, 1.82) is 0 Å². The van der Waals surface area contributed by atoms with Gasteiger partial charge in [-0.05, 0) is 40.8 Å². The van der Waals surface area contributed by atoms with Crippen molar-refractivity contribution in [3.63, 3.8) is 0 Å². The van der Waals surface area contributed by atoms with Crippen LogP contribution in [0.25, 0.3) is 0 Å². The van der Waals surface area contributed by atoms with Gasteiger partial charge in [0.05, 0.1) is 0 Å². The SMILES string of the molecule is CC(C)N1CC=C(CCN(C)C)CC1. The molecule has 0 spiro atoms. The van der Waals surface area contributed by atoms with Gasteiger partial charge in [0.1, 0.15) is 0 Å². The molecule has 0 bridgehead atoms. The van der Waals surface area contributed by atoms with Crippen LogP contribution in [0.1, 0.15) is 26.7 Å². The molecule has 1 aliphatic heterocycles. The Kier molecular flexibility index (Phi) is 4.63. The van der Waals surface area contributed by atoms with Crippen LogP contribution in [0.5, 0.6) is 0 Å². The third-order valence-corrected chi connectivity index (χ3v) is 2.95. The largest absolute Gasteiger partial charge is 0.309 e. The van der Waals surface area contributed by atoms with E-state index in [0.29, 0.717) is 6.04 Å². The molecule has 0 saturated carbocycles. The van der Waals surface area contributed by atoms with Crippen molar-refractivity contribution < 1.29 is 0 Å². The van der Waals surface area contributed by atoms with E-state index in [0.717, 1.165) is 6.54 Å². The average molecular weight is 196 g/mol. The molecule has 1 aliphatic rings. The molecule has 0 saturated heterocycles. The number of rotatable bonds is 4. The van der Waals surface area contributed by atoms with Crippen molar-refractivity contribution in [3.05, 3.63) is 11.6 Å². The lowest BCUT2D eigenvalue weighted by atomic mass is 10.0. The van der Waals surface area contributed by atoms with Gasteiger partial charge in [-0.25, -0.2) is 0 Å². The number of hydrogen-bond donors (Lipinski definition) is 0. The summed E-state index contributed by atoms with van der Waals surface area (Å²) in [5.74, 6) is 0. The third-order valence-electron chi connectivity index (χ3n) is 2.95. The molecule has 0 aromatic carbocycles. The molecule has 0 amide bonds. The van der Waals surface area contributed by atoms with Crippen LogP contribution in [0.4, 0.5) is 0 Å². The summed E-state index contributed by atoms with van der Waals surface area (Å²) in [6, 6.07) is 0.696. The van der Waals surface area contributed by atoms with Crippen LogP contribution in [0.15, 0.2) is 11.6 Å². The summed E-state index contributed by atoms with van der Waals surface area (Å²) in [6.07, 6.45) is 4.94. The zero-order chi connectivity index (χ0) is 10.6. The lowest BCUT2D eigenvalue weighted by Gasteiger charge is -2.30. The van der Waals surface area contributed by atoms with E-state index < -0.39 is 0 Å². The molecule has 0 N–H and O–H groups in total. The Hall–Kier alpha value is -0.340. The summed E-state index contributed by atoms with van der Waals surface area (Å²) in [5, 5.41) is 0. The lowest BCUT2D eigenvalue weighted by Crippen LogP contribution is -2.35. The Balaban J connectivity index is 2.30. The maximum Gasteiger partial charge on any atom is 0.0168 e. The molecule has 2 nitrogen and oxygen atoms in total. The highest BCUT2D eigenvalue weighted by molar-refractivity contribution is 5.07. The maximum absolute atomic E-state index is 2.53. The van der Waals surface area contributed by atoms with Crippen LogP contribution < -0.4 is 0 Å². The lowest BCUT2D eigenvalue weighted by molar-refractivity contribution is 0.236. The van der Waals surface area contributed by atoms with Crippen LogP contribution >= 0.6 is 0 Å². The second-order valence-corrected chi connectivity index (χ2v) is 4.75. The van der Waals surface area contributed by atoms with Crippen molar-refractivity contribution in [3.8, 4) is 0 Å². The van der Waals surface area contributed by atoms with Gasteiger partial charge in [0, 0.05) is 25.7 Å². The summed E-state index contributed by atoms with van der Waals surface area (Å²) in [6.45, 7) is 8.14. The summed E-state index contributed by atoms with van der Waals surface area (Å²) in [7, 11) is 4.29. The van der Waals surface area contributed by atoms with Gasteiger partial charge >= 0.3 is 0 Å². The molecule has 1 rings (SSSR count). The first-order chi connectivity index (χ1) is 6.59. The normalized spacial score (nSPS) is 19.1. The van der Waals surface area contributed by atoms with Crippen molar-refractivity contribution in [2.45, 2.75) is 32.7 Å². The first-order valence-corrected chi connectivity index (χ1v) is 5.66. The van der Waals surface area contributed by atoms with Crippen molar-refractivity contribution in [2.24, 2.45) is 0 Å².